The summed E-state index contributed by atoms with van der Waals surface area (Å²) in [7, 11) is 1.85. The van der Waals surface area contributed by atoms with E-state index in [1.165, 1.54) is 34.8 Å². The fourth-order valence-electron chi connectivity index (χ4n) is 2.45. The van der Waals surface area contributed by atoms with Gasteiger partial charge in [-0.15, -0.1) is 21.5 Å². The molecule has 0 aliphatic rings. The van der Waals surface area contributed by atoms with Gasteiger partial charge in [0.1, 0.15) is 0 Å². The van der Waals surface area contributed by atoms with Gasteiger partial charge in [-0.25, -0.2) is 0 Å². The third-order valence-electron chi connectivity index (χ3n) is 4.13. The second-order valence-electron chi connectivity index (χ2n) is 5.95. The number of anilines is 1. The van der Waals surface area contributed by atoms with Gasteiger partial charge in [0, 0.05) is 35.0 Å². The molecule has 1 aromatic carbocycles. The van der Waals surface area contributed by atoms with Gasteiger partial charge in [-0.3, -0.25) is 14.9 Å². The smallest absolute Gasteiger partial charge is 0.271 e. The molecule has 3 rings (SSSR count). The summed E-state index contributed by atoms with van der Waals surface area (Å²) < 4.78 is 1.84. The molecule has 3 aromatic rings. The van der Waals surface area contributed by atoms with Crippen molar-refractivity contribution in [2.75, 3.05) is 11.1 Å². The van der Waals surface area contributed by atoms with Crippen molar-refractivity contribution in [3.8, 4) is 11.4 Å². The van der Waals surface area contributed by atoms with Crippen molar-refractivity contribution in [2.24, 2.45) is 7.05 Å². The van der Waals surface area contributed by atoms with Crippen molar-refractivity contribution in [1.82, 2.24) is 14.8 Å². The molecule has 2 heterocycles. The summed E-state index contributed by atoms with van der Waals surface area (Å²) in [5.74, 6) is 0.457. The summed E-state index contributed by atoms with van der Waals surface area (Å²) >= 11 is 8.88. The number of benzene rings is 1. The molecule has 0 bridgehead atoms. The maximum atomic E-state index is 12.2. The Hall–Kier alpha value is -2.43. The average Bonchev–Trinajstić information content (AvgIpc) is 3.17. The highest BCUT2D eigenvalue weighted by Crippen LogP contribution is 2.31. The second-order valence-corrected chi connectivity index (χ2v) is 8.39. The monoisotopic (exact) mass is 437 g/mol. The van der Waals surface area contributed by atoms with Crippen molar-refractivity contribution >= 4 is 52.0 Å². The zero-order valence-corrected chi connectivity index (χ0v) is 17.6. The average molecular weight is 438 g/mol. The van der Waals surface area contributed by atoms with Crippen molar-refractivity contribution in [1.29, 1.82) is 0 Å². The minimum absolute atomic E-state index is 0.0621. The molecule has 0 fully saturated rings. The number of rotatable bonds is 6. The number of thioether (sulfide) groups is 1. The number of aryl methyl sites for hydroxylation is 1. The Bertz CT molecular complexity index is 1060. The number of nitro benzene ring substituents is 1. The number of carbonyl (C=O) groups is 1. The van der Waals surface area contributed by atoms with Gasteiger partial charge in [-0.2, -0.15) is 0 Å². The van der Waals surface area contributed by atoms with Crippen molar-refractivity contribution < 1.29 is 9.72 Å². The molecule has 1 N–H and O–H groups in total. The number of nitrogens with zero attached hydrogens (tertiary/aromatic N) is 4. The number of halogens is 1. The first-order chi connectivity index (χ1) is 13.3. The lowest BCUT2D eigenvalue weighted by atomic mass is 10.2. The highest BCUT2D eigenvalue weighted by atomic mass is 35.5. The number of thiophene rings is 1. The fourth-order valence-corrected chi connectivity index (χ4v) is 4.19. The molecule has 1 amide bonds. The number of amides is 1. The van der Waals surface area contributed by atoms with E-state index in [1.807, 2.05) is 23.9 Å². The summed E-state index contributed by atoms with van der Waals surface area (Å²) in [6.45, 7) is 4.10. The van der Waals surface area contributed by atoms with Crippen LogP contribution in [0.3, 0.4) is 0 Å². The first kappa shape index (κ1) is 20.3. The Labute approximate surface area is 174 Å². The van der Waals surface area contributed by atoms with Crippen LogP contribution in [0.2, 0.25) is 5.02 Å². The lowest BCUT2D eigenvalue weighted by Gasteiger charge is -2.07. The van der Waals surface area contributed by atoms with Crippen LogP contribution >= 0.6 is 34.7 Å². The van der Waals surface area contributed by atoms with Gasteiger partial charge in [0.05, 0.1) is 21.4 Å². The maximum absolute atomic E-state index is 12.2. The molecule has 2 aromatic heterocycles. The lowest BCUT2D eigenvalue weighted by molar-refractivity contribution is -0.384. The molecular formula is C17H16ClN5O3S2. The number of aromatic nitrogens is 3. The van der Waals surface area contributed by atoms with Gasteiger partial charge >= 0.3 is 0 Å². The van der Waals surface area contributed by atoms with Crippen LogP contribution in [0.4, 0.5) is 11.4 Å². The Balaban J connectivity index is 1.68. The normalized spacial score (nSPS) is 10.9. The Morgan fingerprint density at radius 3 is 2.79 bits per heavy atom. The molecule has 0 radical (unpaired) electrons. The van der Waals surface area contributed by atoms with E-state index < -0.39 is 4.92 Å². The molecule has 0 saturated carbocycles. The molecule has 0 unspecified atom stereocenters. The van der Waals surface area contributed by atoms with E-state index >= 15 is 0 Å². The van der Waals surface area contributed by atoms with Crippen molar-refractivity contribution in [3.05, 3.63) is 49.2 Å². The fraction of sp³-hybridized carbons (Fsp3) is 0.235. The number of carbonyl (C=O) groups excluding carboxylic acids is 1. The standard InChI is InChI=1S/C17H16ClN5O3S2/c1-9-10(2)27-7-12(9)16-20-21-17(22(16)3)28-8-15(24)19-14-6-11(23(25)26)4-5-13(14)18/h4-7H,8H2,1-3H3,(H,19,24). The number of hydrogen-bond donors (Lipinski definition) is 1. The van der Waals surface area contributed by atoms with E-state index in [0.29, 0.717) is 5.16 Å². The van der Waals surface area contributed by atoms with Crippen LogP contribution in [0.15, 0.2) is 28.7 Å². The summed E-state index contributed by atoms with van der Waals surface area (Å²) in [6, 6.07) is 3.89. The van der Waals surface area contributed by atoms with Crippen LogP contribution in [-0.2, 0) is 11.8 Å². The predicted molar refractivity (Wildman–Crippen MR) is 111 cm³/mol. The van der Waals surface area contributed by atoms with Crippen LogP contribution < -0.4 is 5.32 Å². The Morgan fingerprint density at radius 1 is 1.39 bits per heavy atom. The minimum Gasteiger partial charge on any atom is -0.324 e. The molecule has 8 nitrogen and oxygen atoms in total. The molecule has 0 aliphatic carbocycles. The van der Waals surface area contributed by atoms with E-state index in [2.05, 4.69) is 22.4 Å². The third kappa shape index (κ3) is 4.18. The number of hydrogen-bond acceptors (Lipinski definition) is 7. The van der Waals surface area contributed by atoms with Gasteiger partial charge < -0.3 is 9.88 Å². The zero-order chi connectivity index (χ0) is 20.4. The number of nitrogens with one attached hydrogen (secondary N) is 1. The van der Waals surface area contributed by atoms with Gasteiger partial charge in [0.2, 0.25) is 5.91 Å². The van der Waals surface area contributed by atoms with Crippen LogP contribution in [0, 0.1) is 24.0 Å². The Morgan fingerprint density at radius 2 is 2.14 bits per heavy atom. The van der Waals surface area contributed by atoms with Crippen LogP contribution in [0.25, 0.3) is 11.4 Å². The molecule has 146 valence electrons. The zero-order valence-electron chi connectivity index (χ0n) is 15.2. The van der Waals surface area contributed by atoms with E-state index in [4.69, 9.17) is 11.6 Å². The van der Waals surface area contributed by atoms with E-state index in [-0.39, 0.29) is 28.1 Å². The van der Waals surface area contributed by atoms with Crippen molar-refractivity contribution in [3.63, 3.8) is 0 Å². The minimum atomic E-state index is -0.546. The molecule has 0 saturated heterocycles. The summed E-state index contributed by atoms with van der Waals surface area (Å²) in [6.07, 6.45) is 0. The third-order valence-corrected chi connectivity index (χ3v) is 6.49. The highest BCUT2D eigenvalue weighted by molar-refractivity contribution is 7.99. The summed E-state index contributed by atoms with van der Waals surface area (Å²) in [4.78, 5) is 23.8. The van der Waals surface area contributed by atoms with Crippen LogP contribution in [-0.4, -0.2) is 31.3 Å². The molecule has 0 atom stereocenters. The number of non-ortho nitro benzene ring substituents is 1. The first-order valence-electron chi connectivity index (χ1n) is 8.09. The van der Waals surface area contributed by atoms with E-state index in [9.17, 15) is 14.9 Å². The largest absolute Gasteiger partial charge is 0.324 e. The van der Waals surface area contributed by atoms with Crippen molar-refractivity contribution in [2.45, 2.75) is 19.0 Å². The highest BCUT2D eigenvalue weighted by Gasteiger charge is 2.17. The van der Waals surface area contributed by atoms with Crippen LogP contribution in [0.1, 0.15) is 10.4 Å². The van der Waals surface area contributed by atoms with Gasteiger partial charge in [-0.1, -0.05) is 23.4 Å². The first-order valence-corrected chi connectivity index (χ1v) is 10.3. The SMILES string of the molecule is Cc1scc(-c2nnc(SCC(=O)Nc3cc([N+](=O)[O-])ccc3Cl)n2C)c1C. The molecular weight excluding hydrogens is 422 g/mol. The number of nitro groups is 1. The molecule has 11 heteroatoms. The van der Waals surface area contributed by atoms with E-state index in [1.54, 1.807) is 11.3 Å². The maximum Gasteiger partial charge on any atom is 0.271 e. The molecule has 0 aliphatic heterocycles. The predicted octanol–water partition coefficient (Wildman–Crippen LogP) is 4.45. The second kappa shape index (κ2) is 8.29. The topological polar surface area (TPSA) is 103 Å². The molecule has 28 heavy (non-hydrogen) atoms. The summed E-state index contributed by atoms with van der Waals surface area (Å²) in [5.41, 5.74) is 2.24. The lowest BCUT2D eigenvalue weighted by Crippen LogP contribution is -2.15. The summed E-state index contributed by atoms with van der Waals surface area (Å²) in [5, 5.41) is 24.7. The van der Waals surface area contributed by atoms with Crippen LogP contribution in [0.5, 0.6) is 0 Å². The van der Waals surface area contributed by atoms with E-state index in [0.717, 1.165) is 17.0 Å². The van der Waals surface area contributed by atoms with Gasteiger partial charge in [0.25, 0.3) is 5.69 Å². The quantitative estimate of drug-likeness (QED) is 0.347. The molecule has 0 spiro atoms. The Kier molecular flexibility index (Phi) is 6.01. The van der Waals surface area contributed by atoms with Gasteiger partial charge in [0.15, 0.2) is 11.0 Å². The van der Waals surface area contributed by atoms with Gasteiger partial charge in [-0.05, 0) is 25.5 Å².